The average molecular weight is 309 g/mol. The van der Waals surface area contributed by atoms with Crippen LogP contribution in [0.3, 0.4) is 0 Å². The summed E-state index contributed by atoms with van der Waals surface area (Å²) in [4.78, 5) is 16.6. The molecule has 0 N–H and O–H groups in total. The molecule has 4 heteroatoms. The molecule has 0 spiro atoms. The topological polar surface area (TPSA) is 23.6 Å². The summed E-state index contributed by atoms with van der Waals surface area (Å²) in [7, 11) is 0. The predicted molar refractivity (Wildman–Crippen MR) is 87.4 cm³/mol. The van der Waals surface area contributed by atoms with Crippen molar-refractivity contribution in [2.75, 3.05) is 26.2 Å². The van der Waals surface area contributed by atoms with Gasteiger partial charge >= 0.3 is 0 Å². The summed E-state index contributed by atoms with van der Waals surface area (Å²) in [5.74, 6) is 0.740. The number of amides is 1. The molecule has 0 aliphatic carbocycles. The molecule has 1 fully saturated rings. The number of benzene rings is 1. The largest absolute Gasteiger partial charge is 0.341 e. The van der Waals surface area contributed by atoms with Gasteiger partial charge in [-0.05, 0) is 30.0 Å². The minimum Gasteiger partial charge on any atom is -0.341 e. The Hall–Kier alpha value is -1.06. The lowest BCUT2D eigenvalue weighted by Gasteiger charge is -2.22. The molecule has 1 aromatic carbocycles. The number of rotatable bonds is 4. The van der Waals surface area contributed by atoms with Crippen LogP contribution in [0.2, 0.25) is 5.02 Å². The molecule has 0 bridgehead atoms. The number of carbonyl (C=O) groups is 1. The Balaban J connectivity index is 1.85. The summed E-state index contributed by atoms with van der Waals surface area (Å²) in [6.45, 7) is 8.87. The third kappa shape index (κ3) is 5.33. The maximum Gasteiger partial charge on any atom is 0.222 e. The molecule has 1 aliphatic rings. The summed E-state index contributed by atoms with van der Waals surface area (Å²) in [6, 6.07) is 8.03. The molecule has 0 unspecified atom stereocenters. The molecule has 116 valence electrons. The second-order valence-electron chi connectivity index (χ2n) is 6.23. The molecule has 0 radical (unpaired) electrons. The highest BCUT2D eigenvalue weighted by molar-refractivity contribution is 6.30. The molecule has 21 heavy (non-hydrogen) atoms. The number of carbonyl (C=O) groups excluding carboxylic acids is 1. The Morgan fingerprint density at radius 2 is 1.86 bits per heavy atom. The molecule has 1 amide bonds. The van der Waals surface area contributed by atoms with Crippen molar-refractivity contribution in [1.82, 2.24) is 9.80 Å². The van der Waals surface area contributed by atoms with E-state index in [0.717, 1.165) is 44.2 Å². The van der Waals surface area contributed by atoms with Crippen LogP contribution in [-0.2, 0) is 11.3 Å². The fraction of sp³-hybridized carbons (Fsp3) is 0.588. The van der Waals surface area contributed by atoms with Gasteiger partial charge in [-0.3, -0.25) is 9.69 Å². The van der Waals surface area contributed by atoms with Gasteiger partial charge < -0.3 is 4.90 Å². The van der Waals surface area contributed by atoms with Crippen molar-refractivity contribution < 1.29 is 4.79 Å². The summed E-state index contributed by atoms with van der Waals surface area (Å²) in [6.07, 6.45) is 1.72. The molecule has 1 heterocycles. The molecule has 0 atom stereocenters. The third-order valence-electron chi connectivity index (χ3n) is 3.84. The molecule has 0 saturated carbocycles. The van der Waals surface area contributed by atoms with Gasteiger partial charge in [-0.25, -0.2) is 0 Å². The number of hydrogen-bond acceptors (Lipinski definition) is 2. The SMILES string of the molecule is CC(C)CC(=O)N1CCCN(Cc2ccc(Cl)cc2)CC1. The van der Waals surface area contributed by atoms with Gasteiger partial charge in [0.15, 0.2) is 0 Å². The standard InChI is InChI=1S/C17H25ClN2O/c1-14(2)12-17(21)20-9-3-8-19(10-11-20)13-15-4-6-16(18)7-5-15/h4-7,14H,3,8-13H2,1-2H3. The maximum absolute atomic E-state index is 12.2. The van der Waals surface area contributed by atoms with E-state index < -0.39 is 0 Å². The summed E-state index contributed by atoms with van der Waals surface area (Å²) in [5.41, 5.74) is 1.28. The van der Waals surface area contributed by atoms with Crippen LogP contribution < -0.4 is 0 Å². The van der Waals surface area contributed by atoms with E-state index >= 15 is 0 Å². The normalized spacial score (nSPS) is 17.0. The first-order valence-corrected chi connectivity index (χ1v) is 8.17. The van der Waals surface area contributed by atoms with Gasteiger partial charge in [0.25, 0.3) is 0 Å². The Bertz CT molecular complexity index is 458. The van der Waals surface area contributed by atoms with E-state index in [2.05, 4.69) is 30.9 Å². The first-order valence-electron chi connectivity index (χ1n) is 7.79. The van der Waals surface area contributed by atoms with Crippen molar-refractivity contribution in [3.63, 3.8) is 0 Å². The molecule has 2 rings (SSSR count). The lowest BCUT2D eigenvalue weighted by atomic mass is 10.1. The van der Waals surface area contributed by atoms with Crippen LogP contribution >= 0.6 is 11.6 Å². The van der Waals surface area contributed by atoms with E-state index in [0.29, 0.717) is 18.2 Å². The van der Waals surface area contributed by atoms with E-state index in [9.17, 15) is 4.79 Å². The number of halogens is 1. The van der Waals surface area contributed by atoms with E-state index in [4.69, 9.17) is 11.6 Å². The van der Waals surface area contributed by atoms with Crippen molar-refractivity contribution in [2.45, 2.75) is 33.2 Å². The van der Waals surface area contributed by atoms with Crippen LogP contribution in [-0.4, -0.2) is 41.9 Å². The van der Waals surface area contributed by atoms with E-state index in [1.165, 1.54) is 5.56 Å². The van der Waals surface area contributed by atoms with Crippen LogP contribution in [0.15, 0.2) is 24.3 Å². The van der Waals surface area contributed by atoms with Crippen molar-refractivity contribution in [3.05, 3.63) is 34.9 Å². The molecule has 3 nitrogen and oxygen atoms in total. The van der Waals surface area contributed by atoms with Gasteiger partial charge in [-0.1, -0.05) is 37.6 Å². The minimum absolute atomic E-state index is 0.304. The quantitative estimate of drug-likeness (QED) is 0.851. The second kappa shape index (κ2) is 7.81. The first-order chi connectivity index (χ1) is 10.0. The monoisotopic (exact) mass is 308 g/mol. The van der Waals surface area contributed by atoms with Gasteiger partial charge in [0, 0.05) is 44.2 Å². The van der Waals surface area contributed by atoms with Crippen LogP contribution in [0.1, 0.15) is 32.3 Å². The van der Waals surface area contributed by atoms with Crippen molar-refractivity contribution in [1.29, 1.82) is 0 Å². The van der Waals surface area contributed by atoms with Gasteiger partial charge in [0.1, 0.15) is 0 Å². The van der Waals surface area contributed by atoms with Crippen molar-refractivity contribution >= 4 is 17.5 Å². The van der Waals surface area contributed by atoms with Gasteiger partial charge in [0.2, 0.25) is 5.91 Å². The van der Waals surface area contributed by atoms with E-state index in [1.807, 2.05) is 17.0 Å². The van der Waals surface area contributed by atoms with Crippen molar-refractivity contribution in [2.24, 2.45) is 5.92 Å². The smallest absolute Gasteiger partial charge is 0.222 e. The Labute approximate surface area is 132 Å². The van der Waals surface area contributed by atoms with Gasteiger partial charge in [0.05, 0.1) is 0 Å². The summed E-state index contributed by atoms with van der Waals surface area (Å²) in [5, 5.41) is 0.778. The first kappa shape index (κ1) is 16.3. The van der Waals surface area contributed by atoms with Crippen LogP contribution in [0, 0.1) is 5.92 Å². The number of hydrogen-bond donors (Lipinski definition) is 0. The predicted octanol–water partition coefficient (Wildman–Crippen LogP) is 3.42. The molecular weight excluding hydrogens is 284 g/mol. The lowest BCUT2D eigenvalue weighted by Crippen LogP contribution is -2.35. The molecular formula is C17H25ClN2O. The van der Waals surface area contributed by atoms with E-state index in [1.54, 1.807) is 0 Å². The van der Waals surface area contributed by atoms with Crippen LogP contribution in [0.25, 0.3) is 0 Å². The Morgan fingerprint density at radius 1 is 1.14 bits per heavy atom. The van der Waals surface area contributed by atoms with Crippen LogP contribution in [0.4, 0.5) is 0 Å². The van der Waals surface area contributed by atoms with Crippen molar-refractivity contribution in [3.8, 4) is 0 Å². The average Bonchev–Trinajstić information content (AvgIpc) is 2.66. The Kier molecular flexibility index (Phi) is 6.07. The number of nitrogens with zero attached hydrogens (tertiary/aromatic N) is 2. The summed E-state index contributed by atoms with van der Waals surface area (Å²) >= 11 is 5.92. The molecule has 0 aromatic heterocycles. The van der Waals surface area contributed by atoms with Gasteiger partial charge in [-0.15, -0.1) is 0 Å². The Morgan fingerprint density at radius 3 is 2.52 bits per heavy atom. The van der Waals surface area contributed by atoms with Crippen LogP contribution in [0.5, 0.6) is 0 Å². The fourth-order valence-electron chi connectivity index (χ4n) is 2.70. The summed E-state index contributed by atoms with van der Waals surface area (Å²) < 4.78 is 0. The lowest BCUT2D eigenvalue weighted by molar-refractivity contribution is -0.131. The fourth-order valence-corrected chi connectivity index (χ4v) is 2.83. The highest BCUT2D eigenvalue weighted by atomic mass is 35.5. The molecule has 1 saturated heterocycles. The highest BCUT2D eigenvalue weighted by Crippen LogP contribution is 2.14. The molecule has 1 aromatic rings. The zero-order valence-electron chi connectivity index (χ0n) is 13.0. The zero-order valence-corrected chi connectivity index (χ0v) is 13.8. The third-order valence-corrected chi connectivity index (χ3v) is 4.10. The highest BCUT2D eigenvalue weighted by Gasteiger charge is 2.19. The molecule has 1 aliphatic heterocycles. The van der Waals surface area contributed by atoms with Gasteiger partial charge in [-0.2, -0.15) is 0 Å². The zero-order chi connectivity index (χ0) is 15.2. The van der Waals surface area contributed by atoms with E-state index in [-0.39, 0.29) is 0 Å². The maximum atomic E-state index is 12.2. The second-order valence-corrected chi connectivity index (χ2v) is 6.67. The minimum atomic E-state index is 0.304.